The Hall–Kier alpha value is -2.59. The molecule has 4 rings (SSSR count). The number of hydrogen-bond donors (Lipinski definition) is 2. The van der Waals surface area contributed by atoms with Gasteiger partial charge < -0.3 is 19.9 Å². The number of halogens is 4. The fourth-order valence-corrected chi connectivity index (χ4v) is 4.50. The van der Waals surface area contributed by atoms with E-state index in [1.54, 1.807) is 12.1 Å². The zero-order chi connectivity index (χ0) is 23.7. The maximum atomic E-state index is 15.1. The minimum absolute atomic E-state index is 0.209. The van der Waals surface area contributed by atoms with Crippen LogP contribution in [0.2, 0.25) is 5.02 Å². The molecule has 2 aliphatic rings. The summed E-state index contributed by atoms with van der Waals surface area (Å²) in [7, 11) is 1.46. The maximum Gasteiger partial charge on any atom is 0.249 e. The van der Waals surface area contributed by atoms with Gasteiger partial charge in [0.1, 0.15) is 23.4 Å². The van der Waals surface area contributed by atoms with E-state index in [0.717, 1.165) is 0 Å². The monoisotopic (exact) mass is 542 g/mol. The molecule has 2 heterocycles. The quantitative estimate of drug-likeness (QED) is 0.440. The average Bonchev–Trinajstić information content (AvgIpc) is 2.78. The van der Waals surface area contributed by atoms with E-state index in [1.807, 2.05) is 9.80 Å². The molecule has 7 nitrogen and oxygen atoms in total. The number of hydrogen-bond acceptors (Lipinski definition) is 6. The molecule has 0 aliphatic carbocycles. The minimum Gasteiger partial charge on any atom is -0.495 e. The number of nitrogens with one attached hydrogen (secondary N) is 2. The molecule has 1 unspecified atom stereocenters. The van der Waals surface area contributed by atoms with Gasteiger partial charge in [-0.25, -0.2) is 8.78 Å². The summed E-state index contributed by atoms with van der Waals surface area (Å²) >= 11 is 9.34. The number of piperazine rings is 1. The summed E-state index contributed by atoms with van der Waals surface area (Å²) in [5, 5.41) is 5.66. The maximum absolute atomic E-state index is 15.1. The van der Waals surface area contributed by atoms with Gasteiger partial charge in [0, 0.05) is 49.2 Å². The van der Waals surface area contributed by atoms with E-state index >= 15 is 4.39 Å². The van der Waals surface area contributed by atoms with Crippen molar-refractivity contribution in [3.8, 4) is 5.75 Å². The summed E-state index contributed by atoms with van der Waals surface area (Å²) in [4.78, 5) is 27.1. The van der Waals surface area contributed by atoms with Gasteiger partial charge >= 0.3 is 0 Å². The predicted molar refractivity (Wildman–Crippen MR) is 126 cm³/mol. The third-order valence-electron chi connectivity index (χ3n) is 5.79. The summed E-state index contributed by atoms with van der Waals surface area (Å²) in [5.41, 5.74) is 1.10. The molecule has 176 valence electrons. The zero-order valence-electron chi connectivity index (χ0n) is 17.8. The topological polar surface area (TPSA) is 73.9 Å². The Kier molecular flexibility index (Phi) is 6.94. The van der Waals surface area contributed by atoms with E-state index in [9.17, 15) is 14.0 Å². The molecule has 2 fully saturated rings. The van der Waals surface area contributed by atoms with E-state index in [-0.39, 0.29) is 18.1 Å². The van der Waals surface area contributed by atoms with Crippen molar-refractivity contribution in [1.29, 1.82) is 0 Å². The van der Waals surface area contributed by atoms with Crippen LogP contribution in [0.1, 0.15) is 12.8 Å². The normalized spacial score (nSPS) is 18.9. The van der Waals surface area contributed by atoms with Crippen molar-refractivity contribution in [2.45, 2.75) is 18.9 Å². The highest BCUT2D eigenvalue weighted by atomic mass is 79.9. The third-order valence-corrected chi connectivity index (χ3v) is 6.99. The van der Waals surface area contributed by atoms with E-state index < -0.39 is 17.8 Å². The third kappa shape index (κ3) is 5.01. The van der Waals surface area contributed by atoms with Gasteiger partial charge in [-0.15, -0.1) is 0 Å². The van der Waals surface area contributed by atoms with E-state index in [0.29, 0.717) is 64.9 Å². The average molecular weight is 544 g/mol. The molecule has 33 heavy (non-hydrogen) atoms. The smallest absolute Gasteiger partial charge is 0.249 e. The number of carbonyl (C=O) groups excluding carboxylic acids is 2. The summed E-state index contributed by atoms with van der Waals surface area (Å²) in [6, 6.07) is 5.13. The lowest BCUT2D eigenvalue weighted by atomic mass is 10.1. The van der Waals surface area contributed by atoms with Crippen molar-refractivity contribution < 1.29 is 23.1 Å². The number of rotatable bonds is 5. The lowest BCUT2D eigenvalue weighted by molar-refractivity contribution is -0.133. The molecule has 2 aromatic rings. The highest BCUT2D eigenvalue weighted by Gasteiger charge is 2.28. The number of imide groups is 1. The Labute approximate surface area is 203 Å². The van der Waals surface area contributed by atoms with Crippen LogP contribution >= 0.6 is 27.5 Å². The van der Waals surface area contributed by atoms with E-state index in [1.165, 1.54) is 19.2 Å². The summed E-state index contributed by atoms with van der Waals surface area (Å²) in [6.07, 6.45) is 0.524. The zero-order valence-corrected chi connectivity index (χ0v) is 20.1. The van der Waals surface area contributed by atoms with Crippen LogP contribution in [-0.4, -0.2) is 51.1 Å². The van der Waals surface area contributed by atoms with Crippen LogP contribution in [-0.2, 0) is 9.59 Å². The fraction of sp³-hybridized carbons (Fsp3) is 0.364. The van der Waals surface area contributed by atoms with Crippen molar-refractivity contribution in [2.24, 2.45) is 0 Å². The molecule has 1 atom stereocenters. The van der Waals surface area contributed by atoms with Crippen LogP contribution in [0.25, 0.3) is 0 Å². The molecule has 0 radical (unpaired) electrons. The van der Waals surface area contributed by atoms with Crippen LogP contribution in [0.5, 0.6) is 5.75 Å². The van der Waals surface area contributed by atoms with Gasteiger partial charge in [-0.1, -0.05) is 11.6 Å². The molecule has 2 saturated heterocycles. The highest BCUT2D eigenvalue weighted by molar-refractivity contribution is 9.10. The van der Waals surface area contributed by atoms with E-state index in [2.05, 4.69) is 26.6 Å². The van der Waals surface area contributed by atoms with Crippen molar-refractivity contribution in [1.82, 2.24) is 5.32 Å². The number of ether oxygens (including phenoxy) is 1. The first kappa shape index (κ1) is 23.6. The Bertz CT molecular complexity index is 1100. The Balaban J connectivity index is 1.48. The second kappa shape index (κ2) is 9.72. The second-order valence-corrected chi connectivity index (χ2v) is 9.11. The van der Waals surface area contributed by atoms with Crippen molar-refractivity contribution in [3.63, 3.8) is 0 Å². The van der Waals surface area contributed by atoms with Crippen molar-refractivity contribution in [2.75, 3.05) is 48.4 Å². The largest absolute Gasteiger partial charge is 0.495 e. The fourth-order valence-electron chi connectivity index (χ4n) is 4.03. The van der Waals surface area contributed by atoms with E-state index in [4.69, 9.17) is 16.3 Å². The molecule has 11 heteroatoms. The SMILES string of the molecule is COc1cc(N2CCN(c3cc(Cl)c(Br)cc3F)CC2)c(F)cc1NC1CCC(=O)NC1=O. The molecule has 2 aliphatic heterocycles. The standard InChI is InChI=1S/C22H22BrClF2N4O3/c1-33-20-11-19(15(26)10-17(20)27-16-2-3-21(31)28-22(16)32)30-6-4-29(5-7-30)18-9-13(24)12(23)8-14(18)25/h8-11,16,27H,2-7H2,1H3,(H,28,31,32). The van der Waals surface area contributed by atoms with Gasteiger partial charge in [-0.3, -0.25) is 14.9 Å². The van der Waals surface area contributed by atoms with Gasteiger partial charge in [0.15, 0.2) is 0 Å². The lowest BCUT2D eigenvalue weighted by Gasteiger charge is -2.38. The molecule has 2 amide bonds. The number of amides is 2. The molecule has 0 spiro atoms. The Morgan fingerprint density at radius 1 is 1.06 bits per heavy atom. The predicted octanol–water partition coefficient (Wildman–Crippen LogP) is 3.93. The molecule has 2 N–H and O–H groups in total. The Morgan fingerprint density at radius 3 is 2.27 bits per heavy atom. The number of carbonyl (C=O) groups is 2. The lowest BCUT2D eigenvalue weighted by Crippen LogP contribution is -2.47. The molecular formula is C22H22BrClF2N4O3. The molecular weight excluding hydrogens is 522 g/mol. The molecule has 0 aromatic heterocycles. The van der Waals surface area contributed by atoms with Crippen LogP contribution in [0.3, 0.4) is 0 Å². The van der Waals surface area contributed by atoms with Crippen LogP contribution < -0.4 is 25.2 Å². The van der Waals surface area contributed by atoms with Gasteiger partial charge in [0.2, 0.25) is 11.8 Å². The van der Waals surface area contributed by atoms with Gasteiger partial charge in [0.25, 0.3) is 0 Å². The first-order valence-electron chi connectivity index (χ1n) is 10.4. The number of methoxy groups -OCH3 is 1. The first-order valence-corrected chi connectivity index (χ1v) is 11.6. The molecule has 0 saturated carbocycles. The summed E-state index contributed by atoms with van der Waals surface area (Å²) in [5.74, 6) is -1.25. The molecule has 0 bridgehead atoms. The van der Waals surface area contributed by atoms with Crippen molar-refractivity contribution in [3.05, 3.63) is 45.4 Å². The summed E-state index contributed by atoms with van der Waals surface area (Å²) in [6.45, 7) is 1.89. The van der Waals surface area contributed by atoms with Crippen LogP contribution in [0.4, 0.5) is 25.8 Å². The second-order valence-electron chi connectivity index (χ2n) is 7.84. The summed E-state index contributed by atoms with van der Waals surface area (Å²) < 4.78 is 35.4. The van der Waals surface area contributed by atoms with Gasteiger partial charge in [0.05, 0.1) is 29.2 Å². The number of anilines is 3. The van der Waals surface area contributed by atoms with Crippen molar-refractivity contribution >= 4 is 56.4 Å². The highest BCUT2D eigenvalue weighted by Crippen LogP contribution is 2.35. The molecule has 2 aromatic carbocycles. The number of piperidine rings is 1. The van der Waals surface area contributed by atoms with Gasteiger partial charge in [-0.05, 0) is 34.5 Å². The minimum atomic E-state index is -0.655. The first-order chi connectivity index (χ1) is 15.8. The van der Waals surface area contributed by atoms with Crippen LogP contribution in [0.15, 0.2) is 28.7 Å². The Morgan fingerprint density at radius 2 is 1.67 bits per heavy atom. The number of nitrogens with zero attached hydrogens (tertiary/aromatic N) is 2. The number of benzene rings is 2. The van der Waals surface area contributed by atoms with Gasteiger partial charge in [-0.2, -0.15) is 0 Å². The van der Waals surface area contributed by atoms with Crippen LogP contribution in [0, 0.1) is 11.6 Å².